The number of hydrogen-bond acceptors (Lipinski definition) is 6. The Bertz CT molecular complexity index is 847. The van der Waals surface area contributed by atoms with Crippen molar-refractivity contribution in [3.05, 3.63) is 78.0 Å². The van der Waals surface area contributed by atoms with Crippen LogP contribution in [0, 0.1) is 0 Å². The summed E-state index contributed by atoms with van der Waals surface area (Å²) in [5.41, 5.74) is 2.67. The molecule has 0 radical (unpaired) electrons. The third-order valence-electron chi connectivity index (χ3n) is 5.01. The monoisotopic (exact) mass is 374 g/mol. The van der Waals surface area contributed by atoms with E-state index in [4.69, 9.17) is 0 Å². The van der Waals surface area contributed by atoms with Crippen LogP contribution in [0.3, 0.4) is 0 Å². The third kappa shape index (κ3) is 5.04. The smallest absolute Gasteiger partial charge is 0.247 e. The molecule has 0 spiro atoms. The van der Waals surface area contributed by atoms with E-state index in [2.05, 4.69) is 84.9 Å². The molecule has 0 atom stereocenters. The van der Waals surface area contributed by atoms with Gasteiger partial charge in [-0.05, 0) is 17.5 Å². The summed E-state index contributed by atoms with van der Waals surface area (Å²) in [5.74, 6) is 1.50. The van der Waals surface area contributed by atoms with Gasteiger partial charge in [0.05, 0.1) is 6.20 Å². The van der Waals surface area contributed by atoms with Crippen LogP contribution >= 0.6 is 0 Å². The number of rotatable bonds is 7. The number of hydrogen-bond donors (Lipinski definition) is 1. The molecule has 144 valence electrons. The molecule has 0 saturated carbocycles. The third-order valence-corrected chi connectivity index (χ3v) is 5.01. The summed E-state index contributed by atoms with van der Waals surface area (Å²) in [7, 11) is 0. The Balaban J connectivity index is 1.27. The van der Waals surface area contributed by atoms with Crippen molar-refractivity contribution in [2.75, 3.05) is 42.9 Å². The number of nitrogens with zero attached hydrogens (tertiary/aromatic N) is 5. The largest absolute Gasteiger partial charge is 0.368 e. The van der Waals surface area contributed by atoms with Crippen LogP contribution in [0.1, 0.15) is 11.1 Å². The zero-order valence-corrected chi connectivity index (χ0v) is 16.0. The highest BCUT2D eigenvalue weighted by Gasteiger charge is 2.19. The topological polar surface area (TPSA) is 57.2 Å². The maximum atomic E-state index is 4.66. The van der Waals surface area contributed by atoms with Gasteiger partial charge in [-0.3, -0.25) is 4.90 Å². The highest BCUT2D eigenvalue weighted by atomic mass is 15.4. The first-order valence-electron chi connectivity index (χ1n) is 9.85. The second kappa shape index (κ2) is 9.28. The average molecular weight is 374 g/mol. The normalized spacial score (nSPS) is 14.8. The molecule has 1 aliphatic heterocycles. The van der Waals surface area contributed by atoms with Gasteiger partial charge < -0.3 is 10.2 Å². The molecule has 1 N–H and O–H groups in total. The Labute approximate surface area is 166 Å². The van der Waals surface area contributed by atoms with Crippen molar-refractivity contribution >= 4 is 11.8 Å². The fourth-order valence-electron chi connectivity index (χ4n) is 3.44. The molecule has 1 saturated heterocycles. The molecule has 0 bridgehead atoms. The van der Waals surface area contributed by atoms with E-state index in [1.54, 1.807) is 6.20 Å². The number of anilines is 2. The van der Waals surface area contributed by atoms with Gasteiger partial charge in [0.25, 0.3) is 0 Å². The SMILES string of the molecule is c1ccc(CCNc2cnnc(N3CCN(Cc4ccccc4)CC3)n2)cc1. The number of aromatic nitrogens is 3. The number of nitrogens with one attached hydrogen (secondary N) is 1. The van der Waals surface area contributed by atoms with E-state index in [9.17, 15) is 0 Å². The van der Waals surface area contributed by atoms with Crippen molar-refractivity contribution in [3.63, 3.8) is 0 Å². The molecule has 1 fully saturated rings. The Hall–Kier alpha value is -2.99. The van der Waals surface area contributed by atoms with Crippen LogP contribution in [0.25, 0.3) is 0 Å². The van der Waals surface area contributed by atoms with Gasteiger partial charge in [0.1, 0.15) is 0 Å². The summed E-state index contributed by atoms with van der Waals surface area (Å²) < 4.78 is 0. The quantitative estimate of drug-likeness (QED) is 0.686. The average Bonchev–Trinajstić information content (AvgIpc) is 2.76. The van der Waals surface area contributed by atoms with Crippen LogP contribution in [0.15, 0.2) is 66.9 Å². The van der Waals surface area contributed by atoms with Gasteiger partial charge >= 0.3 is 0 Å². The first-order valence-corrected chi connectivity index (χ1v) is 9.85. The van der Waals surface area contributed by atoms with Crippen molar-refractivity contribution in [1.82, 2.24) is 20.1 Å². The number of benzene rings is 2. The first-order chi connectivity index (χ1) is 13.9. The molecule has 0 unspecified atom stereocenters. The molecule has 0 amide bonds. The molecule has 2 aromatic carbocycles. The van der Waals surface area contributed by atoms with Gasteiger partial charge in [0.2, 0.25) is 5.95 Å². The Morgan fingerprint density at radius 1 is 0.821 bits per heavy atom. The second-order valence-corrected chi connectivity index (χ2v) is 7.05. The minimum atomic E-state index is 0.712. The van der Waals surface area contributed by atoms with E-state index in [0.29, 0.717) is 5.95 Å². The predicted molar refractivity (Wildman–Crippen MR) is 112 cm³/mol. The van der Waals surface area contributed by atoms with E-state index in [-0.39, 0.29) is 0 Å². The van der Waals surface area contributed by atoms with E-state index in [1.165, 1.54) is 11.1 Å². The fraction of sp³-hybridized carbons (Fsp3) is 0.318. The molecule has 1 aliphatic rings. The van der Waals surface area contributed by atoms with Crippen molar-refractivity contribution < 1.29 is 0 Å². The summed E-state index contributed by atoms with van der Waals surface area (Å²) in [6.45, 7) is 5.67. The van der Waals surface area contributed by atoms with Crippen LogP contribution in [0.2, 0.25) is 0 Å². The lowest BCUT2D eigenvalue weighted by atomic mass is 10.1. The van der Waals surface area contributed by atoms with Crippen LogP contribution in [0.4, 0.5) is 11.8 Å². The van der Waals surface area contributed by atoms with Crippen molar-refractivity contribution in [3.8, 4) is 0 Å². The number of piperazine rings is 1. The summed E-state index contributed by atoms with van der Waals surface area (Å²) in [4.78, 5) is 9.35. The summed E-state index contributed by atoms with van der Waals surface area (Å²) >= 11 is 0. The Kier molecular flexibility index (Phi) is 6.09. The van der Waals surface area contributed by atoms with Gasteiger partial charge in [0, 0.05) is 39.3 Å². The fourth-order valence-corrected chi connectivity index (χ4v) is 3.44. The molecular formula is C22H26N6. The van der Waals surface area contributed by atoms with Gasteiger partial charge in [-0.25, -0.2) is 0 Å². The van der Waals surface area contributed by atoms with Crippen LogP contribution in [-0.2, 0) is 13.0 Å². The molecule has 28 heavy (non-hydrogen) atoms. The van der Waals surface area contributed by atoms with Crippen molar-refractivity contribution in [2.45, 2.75) is 13.0 Å². The summed E-state index contributed by atoms with van der Waals surface area (Å²) in [6.07, 6.45) is 2.65. The highest BCUT2D eigenvalue weighted by Crippen LogP contribution is 2.14. The van der Waals surface area contributed by atoms with E-state index < -0.39 is 0 Å². The van der Waals surface area contributed by atoms with E-state index >= 15 is 0 Å². The molecular weight excluding hydrogens is 348 g/mol. The van der Waals surface area contributed by atoms with Gasteiger partial charge in [-0.2, -0.15) is 10.1 Å². The molecule has 0 aliphatic carbocycles. The highest BCUT2D eigenvalue weighted by molar-refractivity contribution is 5.39. The zero-order valence-electron chi connectivity index (χ0n) is 16.0. The molecule has 2 heterocycles. The predicted octanol–water partition coefficient (Wildman–Crippen LogP) is 2.85. The van der Waals surface area contributed by atoms with Gasteiger partial charge in [-0.15, -0.1) is 5.10 Å². The Morgan fingerprint density at radius 2 is 1.50 bits per heavy atom. The lowest BCUT2D eigenvalue weighted by Gasteiger charge is -2.34. The summed E-state index contributed by atoms with van der Waals surface area (Å²) in [6, 6.07) is 21.1. The zero-order chi connectivity index (χ0) is 19.0. The van der Waals surface area contributed by atoms with Crippen LogP contribution in [-0.4, -0.2) is 52.8 Å². The standard InChI is InChI=1S/C22H26N6/c1-3-7-19(8-4-1)11-12-23-21-17-24-26-22(25-21)28-15-13-27(14-16-28)18-20-9-5-2-6-10-20/h1-10,17H,11-16,18H2,(H,23,25,26). The molecule has 1 aromatic heterocycles. The van der Waals surface area contributed by atoms with Crippen molar-refractivity contribution in [1.29, 1.82) is 0 Å². The maximum Gasteiger partial charge on any atom is 0.247 e. The second-order valence-electron chi connectivity index (χ2n) is 7.05. The maximum absolute atomic E-state index is 4.66. The van der Waals surface area contributed by atoms with Gasteiger partial charge in [0.15, 0.2) is 5.82 Å². The summed E-state index contributed by atoms with van der Waals surface area (Å²) in [5, 5.41) is 11.7. The van der Waals surface area contributed by atoms with Crippen molar-refractivity contribution in [2.24, 2.45) is 0 Å². The van der Waals surface area contributed by atoms with E-state index in [1.807, 2.05) is 6.07 Å². The minimum absolute atomic E-state index is 0.712. The lowest BCUT2D eigenvalue weighted by Crippen LogP contribution is -2.46. The Morgan fingerprint density at radius 3 is 2.21 bits per heavy atom. The lowest BCUT2D eigenvalue weighted by molar-refractivity contribution is 0.248. The molecule has 3 aromatic rings. The molecule has 4 rings (SSSR count). The molecule has 6 heteroatoms. The minimum Gasteiger partial charge on any atom is -0.368 e. The van der Waals surface area contributed by atoms with Gasteiger partial charge in [-0.1, -0.05) is 60.7 Å². The van der Waals surface area contributed by atoms with E-state index in [0.717, 1.165) is 51.5 Å². The first kappa shape index (κ1) is 18.4. The molecule has 6 nitrogen and oxygen atoms in total. The van der Waals surface area contributed by atoms with Crippen LogP contribution < -0.4 is 10.2 Å². The van der Waals surface area contributed by atoms with Crippen LogP contribution in [0.5, 0.6) is 0 Å².